The van der Waals surface area contributed by atoms with E-state index in [2.05, 4.69) is 0 Å². The van der Waals surface area contributed by atoms with Crippen LogP contribution in [0.2, 0.25) is 0 Å². The zero-order valence-electron chi connectivity index (χ0n) is 12.0. The van der Waals surface area contributed by atoms with Crippen LogP contribution in [-0.4, -0.2) is 42.3 Å². The lowest BCUT2D eigenvalue weighted by Gasteiger charge is -2.43. The van der Waals surface area contributed by atoms with Crippen molar-refractivity contribution >= 4 is 11.5 Å². The number of morpholine rings is 1. The number of carbonyl (C=O) groups excluding carboxylic acids is 1. The van der Waals surface area contributed by atoms with Gasteiger partial charge in [-0.2, -0.15) is 0 Å². The van der Waals surface area contributed by atoms with Crippen molar-refractivity contribution < 1.29 is 19.0 Å². The zero-order chi connectivity index (χ0) is 14.9. The van der Waals surface area contributed by atoms with E-state index in [1.807, 2.05) is 18.7 Å². The van der Waals surface area contributed by atoms with E-state index in [-0.39, 0.29) is 18.5 Å². The molecule has 1 N–H and O–H groups in total. The van der Waals surface area contributed by atoms with Gasteiger partial charge in [-0.25, -0.2) is 4.39 Å². The molecule has 5 heteroatoms. The van der Waals surface area contributed by atoms with E-state index < -0.39 is 11.4 Å². The van der Waals surface area contributed by atoms with Gasteiger partial charge in [-0.15, -0.1) is 0 Å². The van der Waals surface area contributed by atoms with Crippen LogP contribution in [0.1, 0.15) is 31.1 Å². The molecular weight excluding hydrogens is 261 g/mol. The molecule has 1 fully saturated rings. The van der Waals surface area contributed by atoms with Crippen molar-refractivity contribution in [2.75, 3.05) is 24.6 Å². The molecular formula is C15H20FNO3. The largest absolute Gasteiger partial charge is 0.394 e. The van der Waals surface area contributed by atoms with Crippen LogP contribution in [0.3, 0.4) is 0 Å². The fraction of sp³-hybridized carbons (Fsp3) is 0.533. The first-order valence-electron chi connectivity index (χ1n) is 6.66. The summed E-state index contributed by atoms with van der Waals surface area (Å²) in [4.78, 5) is 13.7. The quantitative estimate of drug-likeness (QED) is 0.861. The van der Waals surface area contributed by atoms with Crippen LogP contribution in [0.25, 0.3) is 0 Å². The Hall–Kier alpha value is -1.46. The van der Waals surface area contributed by atoms with Crippen molar-refractivity contribution in [3.63, 3.8) is 0 Å². The molecule has 1 aliphatic rings. The summed E-state index contributed by atoms with van der Waals surface area (Å²) in [7, 11) is 0. The molecule has 1 aromatic carbocycles. The van der Waals surface area contributed by atoms with Crippen molar-refractivity contribution in [3.8, 4) is 0 Å². The van der Waals surface area contributed by atoms with Crippen molar-refractivity contribution in [3.05, 3.63) is 29.6 Å². The Kier molecular flexibility index (Phi) is 4.11. The van der Waals surface area contributed by atoms with E-state index in [0.717, 1.165) is 0 Å². The Morgan fingerprint density at radius 2 is 2.25 bits per heavy atom. The third-order valence-electron chi connectivity index (χ3n) is 3.36. The normalized spacial score (nSPS) is 21.9. The maximum Gasteiger partial charge on any atom is 0.161 e. The molecule has 0 saturated carbocycles. The van der Waals surface area contributed by atoms with Crippen molar-refractivity contribution in [2.45, 2.75) is 32.5 Å². The summed E-state index contributed by atoms with van der Waals surface area (Å²) < 4.78 is 19.1. The van der Waals surface area contributed by atoms with Crippen LogP contribution >= 0.6 is 0 Å². The molecule has 0 radical (unpaired) electrons. The second-order valence-electron chi connectivity index (χ2n) is 5.78. The number of aliphatic hydroxyl groups excluding tert-OH is 1. The van der Waals surface area contributed by atoms with E-state index >= 15 is 0 Å². The summed E-state index contributed by atoms with van der Waals surface area (Å²) >= 11 is 0. The molecule has 0 aliphatic carbocycles. The number of nitrogens with zero attached hydrogens (tertiary/aromatic N) is 1. The summed E-state index contributed by atoms with van der Waals surface area (Å²) in [6.07, 6.45) is -0.316. The standard InChI is InChI=1S/C15H20FNO3/c1-10(19)13-6-11(16)4-5-14(13)17-7-12(8-18)20-15(2,3)9-17/h4-6,12,18H,7-9H2,1-3H3. The monoisotopic (exact) mass is 281 g/mol. The van der Waals surface area contributed by atoms with E-state index in [0.29, 0.717) is 24.3 Å². The third kappa shape index (κ3) is 3.16. The number of rotatable bonds is 3. The first-order chi connectivity index (χ1) is 9.32. The number of carbonyl (C=O) groups is 1. The Labute approximate surface area is 118 Å². The van der Waals surface area contributed by atoms with E-state index in [4.69, 9.17) is 4.74 Å². The molecule has 1 saturated heterocycles. The van der Waals surface area contributed by atoms with Crippen LogP contribution < -0.4 is 4.90 Å². The van der Waals surface area contributed by atoms with Crippen molar-refractivity contribution in [1.82, 2.24) is 0 Å². The van der Waals surface area contributed by atoms with Gasteiger partial charge in [0.2, 0.25) is 0 Å². The molecule has 1 heterocycles. The summed E-state index contributed by atoms with van der Waals surface area (Å²) in [6.45, 7) is 6.25. The first kappa shape index (κ1) is 14.9. The van der Waals surface area contributed by atoms with Gasteiger partial charge in [0.25, 0.3) is 0 Å². The van der Waals surface area contributed by atoms with Crippen LogP contribution in [0.4, 0.5) is 10.1 Å². The lowest BCUT2D eigenvalue weighted by Crippen LogP contribution is -2.54. The summed E-state index contributed by atoms with van der Waals surface area (Å²) in [5.41, 5.74) is 0.613. The van der Waals surface area contributed by atoms with E-state index in [9.17, 15) is 14.3 Å². The highest BCUT2D eigenvalue weighted by Gasteiger charge is 2.34. The number of anilines is 1. The lowest BCUT2D eigenvalue weighted by molar-refractivity contribution is -0.101. The highest BCUT2D eigenvalue weighted by Crippen LogP contribution is 2.29. The second kappa shape index (κ2) is 5.50. The topological polar surface area (TPSA) is 49.8 Å². The van der Waals surface area contributed by atoms with Crippen LogP contribution in [-0.2, 0) is 4.74 Å². The molecule has 1 atom stereocenters. The Bertz CT molecular complexity index is 516. The van der Waals surface area contributed by atoms with Crippen LogP contribution in [0.15, 0.2) is 18.2 Å². The Morgan fingerprint density at radius 3 is 2.85 bits per heavy atom. The minimum atomic E-state index is -0.436. The second-order valence-corrected chi connectivity index (χ2v) is 5.78. The molecule has 0 bridgehead atoms. The smallest absolute Gasteiger partial charge is 0.161 e. The van der Waals surface area contributed by atoms with Gasteiger partial charge in [0.1, 0.15) is 5.82 Å². The maximum atomic E-state index is 13.3. The third-order valence-corrected chi connectivity index (χ3v) is 3.36. The van der Waals surface area contributed by atoms with Gasteiger partial charge in [0.05, 0.1) is 18.3 Å². The number of ketones is 1. The molecule has 1 aromatic rings. The highest BCUT2D eigenvalue weighted by molar-refractivity contribution is 5.99. The van der Waals surface area contributed by atoms with Gasteiger partial charge in [-0.1, -0.05) is 0 Å². The van der Waals surface area contributed by atoms with Crippen LogP contribution in [0.5, 0.6) is 0 Å². The molecule has 4 nitrogen and oxygen atoms in total. The first-order valence-corrected chi connectivity index (χ1v) is 6.66. The molecule has 2 rings (SSSR count). The molecule has 0 amide bonds. The number of ether oxygens (including phenoxy) is 1. The average Bonchev–Trinajstić information content (AvgIpc) is 2.36. The van der Waals surface area contributed by atoms with Gasteiger partial charge in [0, 0.05) is 24.3 Å². The molecule has 1 aliphatic heterocycles. The maximum absolute atomic E-state index is 13.3. The molecule has 1 unspecified atom stereocenters. The minimum Gasteiger partial charge on any atom is -0.394 e. The van der Waals surface area contributed by atoms with E-state index in [1.54, 1.807) is 6.07 Å². The number of benzene rings is 1. The Balaban J connectivity index is 2.37. The number of hydrogen-bond acceptors (Lipinski definition) is 4. The SMILES string of the molecule is CC(=O)c1cc(F)ccc1N1CC(CO)OC(C)(C)C1. The highest BCUT2D eigenvalue weighted by atomic mass is 19.1. The Morgan fingerprint density at radius 1 is 1.55 bits per heavy atom. The predicted molar refractivity (Wildman–Crippen MR) is 74.7 cm³/mol. The molecule has 0 spiro atoms. The molecule has 110 valence electrons. The fourth-order valence-electron chi connectivity index (χ4n) is 2.64. The van der Waals surface area contributed by atoms with Crippen molar-refractivity contribution in [2.24, 2.45) is 0 Å². The van der Waals surface area contributed by atoms with Gasteiger partial charge in [-0.05, 0) is 39.0 Å². The predicted octanol–water partition coefficient (Wildman–Crippen LogP) is 2.00. The molecule has 0 aromatic heterocycles. The summed E-state index contributed by atoms with van der Waals surface area (Å²) in [6, 6.07) is 4.22. The van der Waals surface area contributed by atoms with Gasteiger partial charge in [0.15, 0.2) is 5.78 Å². The number of hydrogen-bond donors (Lipinski definition) is 1. The number of Topliss-reactive ketones (excluding diaryl/α,β-unsaturated/α-hetero) is 1. The fourth-order valence-corrected chi connectivity index (χ4v) is 2.64. The number of aliphatic hydroxyl groups is 1. The van der Waals surface area contributed by atoms with Crippen molar-refractivity contribution in [1.29, 1.82) is 0 Å². The van der Waals surface area contributed by atoms with Crippen LogP contribution in [0, 0.1) is 5.82 Å². The van der Waals surface area contributed by atoms with Gasteiger partial charge < -0.3 is 14.7 Å². The average molecular weight is 281 g/mol. The lowest BCUT2D eigenvalue weighted by atomic mass is 10.0. The zero-order valence-corrected chi connectivity index (χ0v) is 12.0. The summed E-state index contributed by atoms with van der Waals surface area (Å²) in [5.74, 6) is -0.602. The number of halogens is 1. The minimum absolute atomic E-state index is 0.0868. The summed E-state index contributed by atoms with van der Waals surface area (Å²) in [5, 5.41) is 9.33. The molecule has 20 heavy (non-hydrogen) atoms. The van der Waals surface area contributed by atoms with Gasteiger partial charge >= 0.3 is 0 Å². The van der Waals surface area contributed by atoms with Gasteiger partial charge in [-0.3, -0.25) is 4.79 Å². The van der Waals surface area contributed by atoms with E-state index in [1.165, 1.54) is 19.1 Å².